The third-order valence-corrected chi connectivity index (χ3v) is 6.18. The molecule has 26 heavy (non-hydrogen) atoms. The summed E-state index contributed by atoms with van der Waals surface area (Å²) in [5.74, 6) is 0.201. The zero-order chi connectivity index (χ0) is 19.3. The lowest BCUT2D eigenvalue weighted by Gasteiger charge is -2.35. The van der Waals surface area contributed by atoms with Gasteiger partial charge in [-0.2, -0.15) is 4.72 Å². The first-order chi connectivity index (χ1) is 12.3. The van der Waals surface area contributed by atoms with Crippen molar-refractivity contribution in [3.63, 3.8) is 0 Å². The van der Waals surface area contributed by atoms with Crippen LogP contribution in [0.15, 0.2) is 23.1 Å². The first-order valence-electron chi connectivity index (χ1n) is 8.74. The first kappa shape index (κ1) is 21.0. The fourth-order valence-electron chi connectivity index (χ4n) is 2.83. The van der Waals surface area contributed by atoms with Crippen molar-refractivity contribution in [1.29, 1.82) is 0 Å². The number of halogens is 1. The van der Waals surface area contributed by atoms with Crippen LogP contribution in [-0.4, -0.2) is 69.5 Å². The number of amides is 1. The summed E-state index contributed by atoms with van der Waals surface area (Å²) < 4.78 is 32.9. The highest BCUT2D eigenvalue weighted by molar-refractivity contribution is 7.89. The molecule has 2 rings (SSSR count). The maximum atomic E-state index is 12.6. The molecular weight excluding hydrogens is 378 g/mol. The molecule has 1 aliphatic rings. The van der Waals surface area contributed by atoms with E-state index in [1.807, 2.05) is 6.92 Å². The second kappa shape index (κ2) is 9.03. The van der Waals surface area contributed by atoms with E-state index in [2.05, 4.69) is 16.5 Å². The first-order valence-corrected chi connectivity index (χ1v) is 10.6. The van der Waals surface area contributed by atoms with Crippen molar-refractivity contribution >= 4 is 27.5 Å². The topological polar surface area (TPSA) is 78.9 Å². The molecular formula is C17H26ClN3O4S. The fourth-order valence-corrected chi connectivity index (χ4v) is 4.35. The van der Waals surface area contributed by atoms with E-state index in [0.717, 1.165) is 19.6 Å². The van der Waals surface area contributed by atoms with E-state index >= 15 is 0 Å². The van der Waals surface area contributed by atoms with E-state index < -0.39 is 16.1 Å². The largest absolute Gasteiger partial charge is 0.492 e. The number of rotatable bonds is 7. The molecule has 1 amide bonds. The normalized spacial score (nSPS) is 17.2. The third kappa shape index (κ3) is 5.09. The highest BCUT2D eigenvalue weighted by Gasteiger charge is 2.28. The maximum Gasteiger partial charge on any atom is 0.241 e. The Kier molecular flexibility index (Phi) is 7.28. The van der Waals surface area contributed by atoms with Crippen LogP contribution < -0.4 is 9.46 Å². The molecule has 0 unspecified atom stereocenters. The van der Waals surface area contributed by atoms with Gasteiger partial charge in [0.15, 0.2) is 0 Å². The van der Waals surface area contributed by atoms with Crippen molar-refractivity contribution in [1.82, 2.24) is 14.5 Å². The number of likely N-dealkylation sites (N-methyl/N-ethyl adjacent to an activating group) is 1. The van der Waals surface area contributed by atoms with Gasteiger partial charge in [-0.05, 0) is 38.6 Å². The molecule has 1 heterocycles. The Bertz CT molecular complexity index is 734. The average molecular weight is 404 g/mol. The fraction of sp³-hybridized carbons (Fsp3) is 0.588. The predicted molar refractivity (Wildman–Crippen MR) is 101 cm³/mol. The summed E-state index contributed by atoms with van der Waals surface area (Å²) in [6.07, 6.45) is 0. The van der Waals surface area contributed by atoms with Gasteiger partial charge in [-0.25, -0.2) is 8.42 Å². The summed E-state index contributed by atoms with van der Waals surface area (Å²) in [5.41, 5.74) is 0. The number of hydrogen-bond donors (Lipinski definition) is 1. The molecule has 1 aromatic carbocycles. The highest BCUT2D eigenvalue weighted by atomic mass is 35.5. The van der Waals surface area contributed by atoms with Crippen LogP contribution in [0.2, 0.25) is 5.02 Å². The van der Waals surface area contributed by atoms with E-state index in [1.165, 1.54) is 18.2 Å². The van der Waals surface area contributed by atoms with Crippen molar-refractivity contribution < 1.29 is 17.9 Å². The summed E-state index contributed by atoms with van der Waals surface area (Å²) in [6.45, 7) is 9.64. The lowest BCUT2D eigenvalue weighted by atomic mass is 10.2. The molecule has 146 valence electrons. The standard InChI is InChI=1S/C17H26ClN3O4S/c1-4-20-8-10-21(11-9-20)17(22)13(3)19-26(23,24)14-6-7-16(25-5-2)15(18)12-14/h6-7,12-13,19H,4-5,8-11H2,1-3H3/t13-/m0/s1. The Morgan fingerprint density at radius 1 is 1.27 bits per heavy atom. The molecule has 1 saturated heterocycles. The summed E-state index contributed by atoms with van der Waals surface area (Å²) in [7, 11) is -3.86. The van der Waals surface area contributed by atoms with Crippen molar-refractivity contribution in [3.8, 4) is 5.75 Å². The molecule has 0 saturated carbocycles. The molecule has 0 radical (unpaired) electrons. The van der Waals surface area contributed by atoms with Crippen LogP contribution >= 0.6 is 11.6 Å². The Morgan fingerprint density at radius 2 is 1.92 bits per heavy atom. The molecule has 0 spiro atoms. The number of sulfonamides is 1. The van der Waals surface area contributed by atoms with Crippen molar-refractivity contribution in [2.24, 2.45) is 0 Å². The maximum absolute atomic E-state index is 12.6. The van der Waals surface area contributed by atoms with Crippen LogP contribution in [0, 0.1) is 0 Å². The van der Waals surface area contributed by atoms with Gasteiger partial charge < -0.3 is 14.5 Å². The molecule has 9 heteroatoms. The van der Waals surface area contributed by atoms with E-state index in [-0.39, 0.29) is 15.8 Å². The quantitative estimate of drug-likeness (QED) is 0.747. The Balaban J connectivity index is 2.04. The van der Waals surface area contributed by atoms with E-state index in [0.29, 0.717) is 25.4 Å². The molecule has 1 atom stereocenters. The van der Waals surface area contributed by atoms with E-state index in [9.17, 15) is 13.2 Å². The summed E-state index contributed by atoms with van der Waals surface area (Å²) in [5, 5.41) is 0.212. The van der Waals surface area contributed by atoms with Gasteiger partial charge in [0.1, 0.15) is 5.75 Å². The lowest BCUT2D eigenvalue weighted by Crippen LogP contribution is -2.54. The number of carbonyl (C=O) groups is 1. The molecule has 7 nitrogen and oxygen atoms in total. The van der Waals surface area contributed by atoms with Crippen molar-refractivity contribution in [2.45, 2.75) is 31.7 Å². The third-order valence-electron chi connectivity index (χ3n) is 4.35. The molecule has 1 N–H and O–H groups in total. The van der Waals surface area contributed by atoms with Crippen LogP contribution in [-0.2, 0) is 14.8 Å². The Hall–Kier alpha value is -1.35. The second-order valence-corrected chi connectivity index (χ2v) is 8.25. The monoisotopic (exact) mass is 403 g/mol. The minimum atomic E-state index is -3.86. The predicted octanol–water partition coefficient (Wildman–Crippen LogP) is 1.57. The summed E-state index contributed by atoms with van der Waals surface area (Å²) in [6, 6.07) is 3.40. The zero-order valence-corrected chi connectivity index (χ0v) is 16.9. The number of carbonyl (C=O) groups excluding carboxylic acids is 1. The van der Waals surface area contributed by atoms with Gasteiger partial charge in [-0.3, -0.25) is 4.79 Å². The summed E-state index contributed by atoms with van der Waals surface area (Å²) in [4.78, 5) is 16.5. The zero-order valence-electron chi connectivity index (χ0n) is 15.4. The smallest absolute Gasteiger partial charge is 0.241 e. The number of benzene rings is 1. The molecule has 0 bridgehead atoms. The minimum Gasteiger partial charge on any atom is -0.492 e. The number of nitrogens with zero attached hydrogens (tertiary/aromatic N) is 2. The van der Waals surface area contributed by atoms with Gasteiger partial charge >= 0.3 is 0 Å². The Labute approximate surface area is 160 Å². The van der Waals surface area contributed by atoms with E-state index in [1.54, 1.807) is 11.8 Å². The Morgan fingerprint density at radius 3 is 2.46 bits per heavy atom. The van der Waals surface area contributed by atoms with Crippen LogP contribution in [0.25, 0.3) is 0 Å². The molecule has 0 aliphatic carbocycles. The summed E-state index contributed by atoms with van der Waals surface area (Å²) >= 11 is 6.07. The molecule has 0 aromatic heterocycles. The number of hydrogen-bond acceptors (Lipinski definition) is 5. The van der Waals surface area contributed by atoms with Crippen LogP contribution in [0.1, 0.15) is 20.8 Å². The minimum absolute atomic E-state index is 0.00130. The highest BCUT2D eigenvalue weighted by Crippen LogP contribution is 2.27. The van der Waals surface area contributed by atoms with E-state index in [4.69, 9.17) is 16.3 Å². The molecule has 1 fully saturated rings. The number of piperazine rings is 1. The second-order valence-electron chi connectivity index (χ2n) is 6.13. The van der Waals surface area contributed by atoms with Gasteiger partial charge in [-0.15, -0.1) is 0 Å². The van der Waals surface area contributed by atoms with Crippen molar-refractivity contribution in [3.05, 3.63) is 23.2 Å². The van der Waals surface area contributed by atoms with Gasteiger partial charge in [0.25, 0.3) is 0 Å². The van der Waals surface area contributed by atoms with Gasteiger partial charge in [0.05, 0.1) is 22.6 Å². The van der Waals surface area contributed by atoms with Gasteiger partial charge in [-0.1, -0.05) is 18.5 Å². The molecule has 1 aliphatic heterocycles. The van der Waals surface area contributed by atoms with Gasteiger partial charge in [0, 0.05) is 26.2 Å². The van der Waals surface area contributed by atoms with Crippen LogP contribution in [0.4, 0.5) is 0 Å². The van der Waals surface area contributed by atoms with Crippen LogP contribution in [0.3, 0.4) is 0 Å². The van der Waals surface area contributed by atoms with Crippen molar-refractivity contribution in [2.75, 3.05) is 39.3 Å². The lowest BCUT2D eigenvalue weighted by molar-refractivity contribution is -0.134. The van der Waals surface area contributed by atoms with Crippen LogP contribution in [0.5, 0.6) is 5.75 Å². The molecule has 1 aromatic rings. The van der Waals surface area contributed by atoms with Gasteiger partial charge in [0.2, 0.25) is 15.9 Å². The average Bonchev–Trinajstić information content (AvgIpc) is 2.62. The number of nitrogens with one attached hydrogen (secondary N) is 1. The number of ether oxygens (including phenoxy) is 1. The SMILES string of the molecule is CCOc1ccc(S(=O)(=O)N[C@@H](C)C(=O)N2CCN(CC)CC2)cc1Cl.